The van der Waals surface area contributed by atoms with E-state index in [1.54, 1.807) is 0 Å². The third kappa shape index (κ3) is 3.86. The molecule has 0 radical (unpaired) electrons. The Bertz CT molecular complexity index is 1710. The number of imidazole rings is 1. The van der Waals surface area contributed by atoms with Gasteiger partial charge in [0.25, 0.3) is 0 Å². The molecule has 0 N–H and O–H groups in total. The van der Waals surface area contributed by atoms with Crippen molar-refractivity contribution in [3.8, 4) is 22.9 Å². The Labute approximate surface area is 219 Å². The van der Waals surface area contributed by atoms with Crippen LogP contribution in [0.4, 0.5) is 0 Å². The van der Waals surface area contributed by atoms with Crippen LogP contribution in [-0.4, -0.2) is 14.1 Å². The van der Waals surface area contributed by atoms with Gasteiger partial charge in [0, 0.05) is 16.3 Å². The SMILES string of the molecule is Cc1ccc2c3ccccc3n(-c3cn(-c4c(C(C)C)cccc4C(C)C)c(-c4ccccc4)n3)c2c1. The summed E-state index contributed by atoms with van der Waals surface area (Å²) in [6, 6.07) is 32.7. The zero-order chi connectivity index (χ0) is 25.7. The first-order valence-corrected chi connectivity index (χ1v) is 13.2. The molecular formula is C34H33N3. The molecule has 6 aromatic rings. The molecule has 0 aliphatic carbocycles. The van der Waals surface area contributed by atoms with E-state index < -0.39 is 0 Å². The highest BCUT2D eigenvalue weighted by Gasteiger charge is 2.22. The number of nitrogens with zero attached hydrogens (tertiary/aromatic N) is 3. The lowest BCUT2D eigenvalue weighted by atomic mass is 9.92. The van der Waals surface area contributed by atoms with Crippen LogP contribution >= 0.6 is 0 Å². The minimum Gasteiger partial charge on any atom is -0.297 e. The van der Waals surface area contributed by atoms with Gasteiger partial charge in [-0.05, 0) is 47.6 Å². The van der Waals surface area contributed by atoms with Crippen molar-refractivity contribution in [2.24, 2.45) is 0 Å². The molecule has 0 saturated carbocycles. The lowest BCUT2D eigenvalue weighted by Crippen LogP contribution is -2.07. The van der Waals surface area contributed by atoms with Crippen LogP contribution in [0.25, 0.3) is 44.7 Å². The molecule has 0 fully saturated rings. The summed E-state index contributed by atoms with van der Waals surface area (Å²) < 4.78 is 4.67. The lowest BCUT2D eigenvalue weighted by Gasteiger charge is -2.21. The molecule has 0 aliphatic heterocycles. The first-order chi connectivity index (χ1) is 17.9. The predicted molar refractivity (Wildman–Crippen MR) is 156 cm³/mol. The average Bonchev–Trinajstić information content (AvgIpc) is 3.47. The number of para-hydroxylation sites is 2. The van der Waals surface area contributed by atoms with Gasteiger partial charge in [-0.1, -0.05) is 107 Å². The maximum Gasteiger partial charge on any atom is 0.156 e. The van der Waals surface area contributed by atoms with Crippen LogP contribution in [0.2, 0.25) is 0 Å². The van der Waals surface area contributed by atoms with Gasteiger partial charge in [0.05, 0.1) is 22.9 Å². The highest BCUT2D eigenvalue weighted by molar-refractivity contribution is 6.09. The van der Waals surface area contributed by atoms with Crippen molar-refractivity contribution >= 4 is 21.8 Å². The summed E-state index contributed by atoms with van der Waals surface area (Å²) in [5.41, 5.74) is 8.64. The van der Waals surface area contributed by atoms with E-state index in [1.165, 1.54) is 44.2 Å². The van der Waals surface area contributed by atoms with Gasteiger partial charge < -0.3 is 0 Å². The second kappa shape index (κ2) is 9.08. The number of rotatable bonds is 5. The van der Waals surface area contributed by atoms with Crippen LogP contribution in [0.3, 0.4) is 0 Å². The van der Waals surface area contributed by atoms with Gasteiger partial charge >= 0.3 is 0 Å². The van der Waals surface area contributed by atoms with Crippen molar-refractivity contribution in [1.82, 2.24) is 14.1 Å². The molecule has 0 unspecified atom stereocenters. The third-order valence-electron chi connectivity index (χ3n) is 7.37. The first-order valence-electron chi connectivity index (χ1n) is 13.2. The summed E-state index contributed by atoms with van der Waals surface area (Å²) in [4.78, 5) is 5.36. The van der Waals surface area contributed by atoms with Crippen molar-refractivity contribution in [2.45, 2.75) is 46.5 Å². The second-order valence-corrected chi connectivity index (χ2v) is 10.6. The van der Waals surface area contributed by atoms with Crippen LogP contribution in [0, 0.1) is 6.92 Å². The normalized spacial score (nSPS) is 11.9. The Kier molecular flexibility index (Phi) is 5.72. The van der Waals surface area contributed by atoms with E-state index in [-0.39, 0.29) is 0 Å². The van der Waals surface area contributed by atoms with E-state index in [4.69, 9.17) is 4.98 Å². The molecule has 3 heteroatoms. The van der Waals surface area contributed by atoms with Crippen molar-refractivity contribution in [2.75, 3.05) is 0 Å². The molecule has 2 aromatic heterocycles. The zero-order valence-electron chi connectivity index (χ0n) is 22.2. The van der Waals surface area contributed by atoms with Crippen LogP contribution < -0.4 is 0 Å². The molecule has 0 atom stereocenters. The molecule has 0 saturated heterocycles. The molecule has 37 heavy (non-hydrogen) atoms. The molecule has 0 bridgehead atoms. The molecule has 0 spiro atoms. The summed E-state index contributed by atoms with van der Waals surface area (Å²) >= 11 is 0. The van der Waals surface area contributed by atoms with Gasteiger partial charge in [0.15, 0.2) is 5.82 Å². The maximum absolute atomic E-state index is 5.36. The van der Waals surface area contributed by atoms with Crippen LogP contribution in [0.15, 0.2) is 97.2 Å². The van der Waals surface area contributed by atoms with Crippen LogP contribution in [0.1, 0.15) is 56.2 Å². The highest BCUT2D eigenvalue weighted by atomic mass is 15.2. The second-order valence-electron chi connectivity index (χ2n) is 10.6. The van der Waals surface area contributed by atoms with Crippen molar-refractivity contribution in [3.05, 3.63) is 114 Å². The quantitative estimate of drug-likeness (QED) is 0.240. The Morgan fingerprint density at radius 2 is 1.30 bits per heavy atom. The fourth-order valence-corrected chi connectivity index (χ4v) is 5.55. The number of aromatic nitrogens is 3. The number of hydrogen-bond donors (Lipinski definition) is 0. The van der Waals surface area contributed by atoms with Crippen molar-refractivity contribution in [3.63, 3.8) is 0 Å². The number of benzene rings is 4. The topological polar surface area (TPSA) is 22.8 Å². The monoisotopic (exact) mass is 483 g/mol. The average molecular weight is 484 g/mol. The van der Waals surface area contributed by atoms with Gasteiger partial charge in [-0.15, -0.1) is 0 Å². The largest absolute Gasteiger partial charge is 0.297 e. The molecule has 2 heterocycles. The molecule has 6 rings (SSSR count). The zero-order valence-corrected chi connectivity index (χ0v) is 22.2. The van der Waals surface area contributed by atoms with Gasteiger partial charge in [0.2, 0.25) is 0 Å². The van der Waals surface area contributed by atoms with Gasteiger partial charge in [0.1, 0.15) is 5.82 Å². The Morgan fingerprint density at radius 3 is 2.00 bits per heavy atom. The summed E-state index contributed by atoms with van der Waals surface area (Å²) in [5.74, 6) is 2.67. The Morgan fingerprint density at radius 1 is 0.649 bits per heavy atom. The summed E-state index contributed by atoms with van der Waals surface area (Å²) in [5, 5.41) is 2.50. The fraction of sp³-hybridized carbons (Fsp3) is 0.206. The van der Waals surface area contributed by atoms with Gasteiger partial charge in [-0.25, -0.2) is 4.98 Å². The molecule has 184 valence electrons. The summed E-state index contributed by atoms with van der Waals surface area (Å²) in [6.07, 6.45) is 2.24. The van der Waals surface area contributed by atoms with Gasteiger partial charge in [-0.3, -0.25) is 9.13 Å². The molecular weight excluding hydrogens is 450 g/mol. The van der Waals surface area contributed by atoms with E-state index in [1.807, 2.05) is 0 Å². The fourth-order valence-electron chi connectivity index (χ4n) is 5.55. The molecule has 3 nitrogen and oxygen atoms in total. The Balaban J connectivity index is 1.73. The van der Waals surface area contributed by atoms with E-state index in [9.17, 15) is 0 Å². The standard InChI is InChI=1S/C34H33N3/c1-22(2)26-15-11-16-27(23(3)4)33(26)36-21-32(35-34(36)25-12-7-6-8-13-25)37-30-17-10-9-14-28(30)29-19-18-24(5)20-31(29)37/h6-23H,1-5H3. The van der Waals surface area contributed by atoms with E-state index in [2.05, 4.69) is 141 Å². The maximum atomic E-state index is 5.36. The highest BCUT2D eigenvalue weighted by Crippen LogP contribution is 2.37. The smallest absolute Gasteiger partial charge is 0.156 e. The number of fused-ring (bicyclic) bond motifs is 3. The van der Waals surface area contributed by atoms with Crippen LogP contribution in [-0.2, 0) is 0 Å². The minimum atomic E-state index is 0.388. The molecule has 4 aromatic carbocycles. The van der Waals surface area contributed by atoms with E-state index in [0.717, 1.165) is 17.2 Å². The summed E-state index contributed by atoms with van der Waals surface area (Å²) in [7, 11) is 0. The van der Waals surface area contributed by atoms with E-state index >= 15 is 0 Å². The number of aryl methyl sites for hydroxylation is 1. The van der Waals surface area contributed by atoms with Gasteiger partial charge in [-0.2, -0.15) is 0 Å². The first kappa shape index (κ1) is 23.3. The summed E-state index contributed by atoms with van der Waals surface area (Å²) in [6.45, 7) is 11.3. The molecule has 0 amide bonds. The third-order valence-corrected chi connectivity index (χ3v) is 7.37. The van der Waals surface area contributed by atoms with E-state index in [0.29, 0.717) is 11.8 Å². The lowest BCUT2D eigenvalue weighted by molar-refractivity contribution is 0.806. The van der Waals surface area contributed by atoms with Crippen molar-refractivity contribution < 1.29 is 0 Å². The minimum absolute atomic E-state index is 0.388. The van der Waals surface area contributed by atoms with Crippen LogP contribution in [0.5, 0.6) is 0 Å². The predicted octanol–water partition coefficient (Wildman–Crippen LogP) is 9.19. The number of hydrogen-bond acceptors (Lipinski definition) is 1. The Hall–Kier alpha value is -4.11. The molecule has 0 aliphatic rings. The van der Waals surface area contributed by atoms with Crippen molar-refractivity contribution in [1.29, 1.82) is 0 Å².